The highest BCUT2D eigenvalue weighted by Crippen LogP contribution is 2.52. The number of carboxylic acid groups (broad SMARTS) is 3. The minimum absolute atomic E-state index is 0.208. The number of carbonyl (C=O) groups excluding carboxylic acids is 1. The van der Waals surface area contributed by atoms with Crippen LogP contribution in [-0.2, 0) is 38.1 Å². The van der Waals surface area contributed by atoms with Gasteiger partial charge < -0.3 is 34.3 Å². The molecule has 3 heterocycles. The van der Waals surface area contributed by atoms with Gasteiger partial charge in [-0.3, -0.25) is 14.4 Å². The fraction of sp³-hybridized carbons (Fsp3) is 0.765. The number of hydrogen-bond acceptors (Lipinski definition) is 8. The smallest absolute Gasteiger partial charge is 0.338 e. The van der Waals surface area contributed by atoms with Gasteiger partial charge in [0.15, 0.2) is 5.92 Å². The zero-order valence-corrected chi connectivity index (χ0v) is 15.2. The average Bonchev–Trinajstić information content (AvgIpc) is 3.42. The molecule has 0 spiro atoms. The lowest BCUT2D eigenvalue weighted by molar-refractivity contribution is -0.220. The molecule has 11 nitrogen and oxygen atoms in total. The molecule has 28 heavy (non-hydrogen) atoms. The van der Waals surface area contributed by atoms with E-state index in [9.17, 15) is 34.5 Å². The molecule has 3 aliphatic rings. The van der Waals surface area contributed by atoms with Gasteiger partial charge in [-0.25, -0.2) is 4.79 Å². The zero-order valence-electron chi connectivity index (χ0n) is 15.2. The molecule has 3 N–H and O–H groups in total. The summed E-state index contributed by atoms with van der Waals surface area (Å²) in [5, 5.41) is 30.0. The van der Waals surface area contributed by atoms with Crippen LogP contribution in [0.15, 0.2) is 0 Å². The second-order valence-electron chi connectivity index (χ2n) is 7.40. The fourth-order valence-corrected chi connectivity index (χ4v) is 3.78. The number of hydrogen-bond donors (Lipinski definition) is 3. The molecule has 0 amide bonds. The lowest BCUT2D eigenvalue weighted by Crippen LogP contribution is -2.68. The SMILES string of the molecule is CC(=O)C(C(=O)O)C(OCC1CO1)(C(=O)O)C(CC1CO1)(CC1CO1)C(=O)O. The van der Waals surface area contributed by atoms with Crippen LogP contribution in [0.25, 0.3) is 0 Å². The Labute approximate surface area is 159 Å². The van der Waals surface area contributed by atoms with Gasteiger partial charge in [-0.2, -0.15) is 0 Å². The van der Waals surface area contributed by atoms with Gasteiger partial charge in [-0.1, -0.05) is 0 Å². The second-order valence-corrected chi connectivity index (χ2v) is 7.40. The molecule has 5 atom stereocenters. The molecule has 3 fully saturated rings. The molecular formula is C17H22O11. The summed E-state index contributed by atoms with van der Waals surface area (Å²) in [6, 6.07) is 0. The Kier molecular flexibility index (Phi) is 5.45. The largest absolute Gasteiger partial charge is 0.481 e. The van der Waals surface area contributed by atoms with E-state index in [-0.39, 0.29) is 39.3 Å². The number of carboxylic acids is 3. The van der Waals surface area contributed by atoms with Crippen molar-refractivity contribution in [2.45, 2.75) is 43.7 Å². The van der Waals surface area contributed by atoms with E-state index in [1.165, 1.54) is 0 Å². The predicted molar refractivity (Wildman–Crippen MR) is 86.6 cm³/mol. The number of ketones is 1. The first-order valence-corrected chi connectivity index (χ1v) is 8.83. The number of aliphatic carboxylic acids is 3. The molecule has 5 unspecified atom stereocenters. The summed E-state index contributed by atoms with van der Waals surface area (Å²) in [5.41, 5.74) is -5.12. The average molecular weight is 402 g/mol. The van der Waals surface area contributed by atoms with Gasteiger partial charge in [0, 0.05) is 0 Å². The predicted octanol–water partition coefficient (Wildman–Crippen LogP) is -0.836. The van der Waals surface area contributed by atoms with Crippen molar-refractivity contribution in [1.82, 2.24) is 0 Å². The Balaban J connectivity index is 2.17. The van der Waals surface area contributed by atoms with Crippen LogP contribution in [0.3, 0.4) is 0 Å². The lowest BCUT2D eigenvalue weighted by Gasteiger charge is -2.46. The third-order valence-electron chi connectivity index (χ3n) is 5.35. The summed E-state index contributed by atoms with van der Waals surface area (Å²) in [6.45, 7) is 1.24. The van der Waals surface area contributed by atoms with Crippen molar-refractivity contribution in [2.75, 3.05) is 26.4 Å². The van der Waals surface area contributed by atoms with Crippen molar-refractivity contribution in [2.24, 2.45) is 11.3 Å². The first-order valence-electron chi connectivity index (χ1n) is 8.83. The maximum absolute atomic E-state index is 12.5. The van der Waals surface area contributed by atoms with Gasteiger partial charge in [0.25, 0.3) is 0 Å². The zero-order chi connectivity index (χ0) is 20.7. The lowest BCUT2D eigenvalue weighted by atomic mass is 9.59. The van der Waals surface area contributed by atoms with Crippen molar-refractivity contribution < 1.29 is 53.4 Å². The van der Waals surface area contributed by atoms with Crippen molar-refractivity contribution in [3.05, 3.63) is 0 Å². The maximum Gasteiger partial charge on any atom is 0.338 e. The van der Waals surface area contributed by atoms with E-state index in [0.29, 0.717) is 0 Å². The molecule has 3 aliphatic heterocycles. The van der Waals surface area contributed by atoms with Crippen LogP contribution in [0, 0.1) is 11.3 Å². The summed E-state index contributed by atoms with van der Waals surface area (Å²) >= 11 is 0. The van der Waals surface area contributed by atoms with E-state index < -0.39 is 58.9 Å². The van der Waals surface area contributed by atoms with Crippen molar-refractivity contribution in [1.29, 1.82) is 0 Å². The van der Waals surface area contributed by atoms with E-state index in [4.69, 9.17) is 18.9 Å². The van der Waals surface area contributed by atoms with E-state index in [2.05, 4.69) is 0 Å². The van der Waals surface area contributed by atoms with Crippen LogP contribution >= 0.6 is 0 Å². The topological polar surface area (TPSA) is 176 Å². The van der Waals surface area contributed by atoms with Crippen LogP contribution < -0.4 is 0 Å². The standard InChI is InChI=1S/C17H22O11/c1-8(18)12(13(19)20)17(15(23)24,28-7-11-6-27-11)16(14(21)22,2-9-4-25-9)3-10-5-26-10/h9-12H,2-7H2,1H3,(H,19,20)(H,21,22)(H,23,24). The maximum atomic E-state index is 12.5. The Morgan fingerprint density at radius 3 is 1.68 bits per heavy atom. The molecule has 11 heteroatoms. The summed E-state index contributed by atoms with van der Waals surface area (Å²) in [7, 11) is 0. The molecular weight excluding hydrogens is 380 g/mol. The molecule has 0 aliphatic carbocycles. The number of carbonyl (C=O) groups is 4. The minimum atomic E-state index is -2.86. The Bertz CT molecular complexity index is 649. The van der Waals surface area contributed by atoms with Gasteiger partial charge in [-0.15, -0.1) is 0 Å². The Morgan fingerprint density at radius 1 is 0.929 bits per heavy atom. The normalized spacial score (nSPS) is 30.4. The minimum Gasteiger partial charge on any atom is -0.481 e. The van der Waals surface area contributed by atoms with Crippen molar-refractivity contribution >= 4 is 23.7 Å². The van der Waals surface area contributed by atoms with Crippen LogP contribution in [-0.4, -0.2) is 89.4 Å². The van der Waals surface area contributed by atoms with E-state index in [1.54, 1.807) is 0 Å². The molecule has 156 valence electrons. The third kappa shape index (κ3) is 3.75. The monoisotopic (exact) mass is 402 g/mol. The summed E-state index contributed by atoms with van der Waals surface area (Å²) in [5.74, 6) is -8.45. The molecule has 0 radical (unpaired) electrons. The third-order valence-corrected chi connectivity index (χ3v) is 5.35. The highest BCUT2D eigenvalue weighted by molar-refractivity contribution is 6.06. The van der Waals surface area contributed by atoms with E-state index >= 15 is 0 Å². The van der Waals surface area contributed by atoms with Crippen LogP contribution in [0.4, 0.5) is 0 Å². The summed E-state index contributed by atoms with van der Waals surface area (Å²) in [4.78, 5) is 49.3. The number of epoxide rings is 3. The molecule has 0 aromatic heterocycles. The Morgan fingerprint density at radius 2 is 1.39 bits per heavy atom. The molecule has 0 aromatic rings. The van der Waals surface area contributed by atoms with E-state index in [1.807, 2.05) is 0 Å². The van der Waals surface area contributed by atoms with Crippen LogP contribution in [0.1, 0.15) is 19.8 Å². The van der Waals surface area contributed by atoms with Crippen molar-refractivity contribution in [3.8, 4) is 0 Å². The fourth-order valence-electron chi connectivity index (χ4n) is 3.78. The first kappa shape index (κ1) is 20.6. The quantitative estimate of drug-likeness (QED) is 0.259. The van der Waals surface area contributed by atoms with Gasteiger partial charge in [-0.05, 0) is 19.8 Å². The molecule has 3 rings (SSSR count). The van der Waals surface area contributed by atoms with Crippen LogP contribution in [0.2, 0.25) is 0 Å². The molecule has 0 aromatic carbocycles. The highest BCUT2D eigenvalue weighted by Gasteiger charge is 2.71. The van der Waals surface area contributed by atoms with Gasteiger partial charge in [0.2, 0.25) is 5.60 Å². The molecule has 0 saturated carbocycles. The summed E-state index contributed by atoms with van der Waals surface area (Å²) < 4.78 is 20.8. The number of rotatable bonds is 13. The van der Waals surface area contributed by atoms with Gasteiger partial charge in [0.05, 0.1) is 38.6 Å². The summed E-state index contributed by atoms with van der Waals surface area (Å²) in [6.07, 6.45) is -2.28. The first-order chi connectivity index (χ1) is 13.1. The van der Waals surface area contributed by atoms with Crippen LogP contribution in [0.5, 0.6) is 0 Å². The molecule has 3 saturated heterocycles. The second kappa shape index (κ2) is 7.39. The number of ether oxygens (including phenoxy) is 4. The number of Topliss-reactive ketones (excluding diaryl/α,β-unsaturated/α-hetero) is 1. The molecule has 0 bridgehead atoms. The van der Waals surface area contributed by atoms with Gasteiger partial charge in [0.1, 0.15) is 17.3 Å². The Hall–Kier alpha value is -2.08. The highest BCUT2D eigenvalue weighted by atomic mass is 16.6. The van der Waals surface area contributed by atoms with Gasteiger partial charge >= 0.3 is 17.9 Å². The van der Waals surface area contributed by atoms with Crippen molar-refractivity contribution in [3.63, 3.8) is 0 Å². The van der Waals surface area contributed by atoms with E-state index in [0.717, 1.165) is 6.92 Å².